The van der Waals surface area contributed by atoms with Crippen LogP contribution in [0.15, 0.2) is 0 Å². The van der Waals surface area contributed by atoms with Crippen molar-refractivity contribution >= 4 is 17.8 Å². The third-order valence-electron chi connectivity index (χ3n) is 2.70. The van der Waals surface area contributed by atoms with Crippen molar-refractivity contribution in [3.63, 3.8) is 0 Å². The number of hydrogen-bond donors (Lipinski definition) is 0. The summed E-state index contributed by atoms with van der Waals surface area (Å²) >= 11 is 0. The number of carbonyl (C=O) groups excluding carboxylic acids is 3. The van der Waals surface area contributed by atoms with Gasteiger partial charge in [-0.05, 0) is 0 Å². The summed E-state index contributed by atoms with van der Waals surface area (Å²) in [5.74, 6) is -0.767. The van der Waals surface area contributed by atoms with Crippen LogP contribution in [0.2, 0.25) is 0 Å². The monoisotopic (exact) mass is 228 g/mol. The highest BCUT2D eigenvalue weighted by molar-refractivity contribution is 5.85. The van der Waals surface area contributed by atoms with E-state index < -0.39 is 12.0 Å². The van der Waals surface area contributed by atoms with E-state index in [0.29, 0.717) is 13.1 Å². The van der Waals surface area contributed by atoms with Gasteiger partial charge in [-0.3, -0.25) is 9.59 Å². The Hall–Kier alpha value is -1.59. The second-order valence-electron chi connectivity index (χ2n) is 3.72. The van der Waals surface area contributed by atoms with Crippen LogP contribution in [0.4, 0.5) is 0 Å². The Bertz CT molecular complexity index is 316. The summed E-state index contributed by atoms with van der Waals surface area (Å²) in [6.45, 7) is 3.88. The standard InChI is InChI=1S/C10H16N2O4/c1-7(13)11-4-5-12(8(2)14)9(6-11)10(15)16-3/h9H,4-6H2,1-3H3/t9-/m1/s1. The maximum absolute atomic E-state index is 11.5. The van der Waals surface area contributed by atoms with E-state index in [1.54, 1.807) is 4.90 Å². The molecule has 16 heavy (non-hydrogen) atoms. The zero-order chi connectivity index (χ0) is 12.3. The molecule has 1 aliphatic rings. The molecule has 0 bridgehead atoms. The summed E-state index contributed by atoms with van der Waals surface area (Å²) < 4.78 is 4.63. The van der Waals surface area contributed by atoms with Crippen LogP contribution in [0, 0.1) is 0 Å². The lowest BCUT2D eigenvalue weighted by molar-refractivity contribution is -0.157. The largest absolute Gasteiger partial charge is 0.467 e. The second-order valence-corrected chi connectivity index (χ2v) is 3.72. The predicted octanol–water partition coefficient (Wildman–Crippen LogP) is -0.761. The fourth-order valence-electron chi connectivity index (χ4n) is 1.78. The average molecular weight is 228 g/mol. The topological polar surface area (TPSA) is 66.9 Å². The molecular weight excluding hydrogens is 212 g/mol. The molecule has 0 aromatic carbocycles. The minimum atomic E-state index is -0.680. The number of rotatable bonds is 1. The van der Waals surface area contributed by atoms with Crippen LogP contribution in [0.3, 0.4) is 0 Å². The highest BCUT2D eigenvalue weighted by Crippen LogP contribution is 2.11. The SMILES string of the molecule is COC(=O)[C@H]1CN(C(C)=O)CCN1C(C)=O. The minimum Gasteiger partial charge on any atom is -0.467 e. The average Bonchev–Trinajstić information content (AvgIpc) is 2.26. The first-order valence-corrected chi connectivity index (χ1v) is 5.08. The summed E-state index contributed by atoms with van der Waals surface area (Å²) in [4.78, 5) is 37.0. The van der Waals surface area contributed by atoms with Gasteiger partial charge in [-0.1, -0.05) is 0 Å². The van der Waals surface area contributed by atoms with Crippen molar-refractivity contribution in [3.05, 3.63) is 0 Å². The normalized spacial score (nSPS) is 20.6. The Labute approximate surface area is 94.1 Å². The highest BCUT2D eigenvalue weighted by Gasteiger charge is 2.35. The quantitative estimate of drug-likeness (QED) is 0.553. The lowest BCUT2D eigenvalue weighted by Crippen LogP contribution is -2.58. The Morgan fingerprint density at radius 1 is 1.12 bits per heavy atom. The van der Waals surface area contributed by atoms with Crippen molar-refractivity contribution in [2.45, 2.75) is 19.9 Å². The molecule has 1 saturated heterocycles. The summed E-state index contributed by atoms with van der Waals surface area (Å²) in [6.07, 6.45) is 0. The molecule has 0 unspecified atom stereocenters. The van der Waals surface area contributed by atoms with Crippen molar-refractivity contribution in [2.24, 2.45) is 0 Å². The van der Waals surface area contributed by atoms with Crippen molar-refractivity contribution in [2.75, 3.05) is 26.7 Å². The number of piperazine rings is 1. The fraction of sp³-hybridized carbons (Fsp3) is 0.700. The van der Waals surface area contributed by atoms with Gasteiger partial charge in [0, 0.05) is 26.9 Å². The van der Waals surface area contributed by atoms with Crippen molar-refractivity contribution in [1.29, 1.82) is 0 Å². The fourth-order valence-corrected chi connectivity index (χ4v) is 1.78. The first-order valence-electron chi connectivity index (χ1n) is 5.08. The molecule has 0 N–H and O–H groups in total. The van der Waals surface area contributed by atoms with E-state index >= 15 is 0 Å². The number of nitrogens with zero attached hydrogens (tertiary/aromatic N) is 2. The number of methoxy groups -OCH3 is 1. The van der Waals surface area contributed by atoms with Crippen LogP contribution < -0.4 is 0 Å². The third kappa shape index (κ3) is 2.50. The first kappa shape index (κ1) is 12.5. The molecule has 0 saturated carbocycles. The van der Waals surface area contributed by atoms with E-state index in [2.05, 4.69) is 4.74 Å². The Morgan fingerprint density at radius 2 is 1.75 bits per heavy atom. The van der Waals surface area contributed by atoms with Crippen LogP contribution in [-0.4, -0.2) is 60.4 Å². The molecule has 1 atom stereocenters. The number of hydrogen-bond acceptors (Lipinski definition) is 4. The molecule has 6 heteroatoms. The summed E-state index contributed by atoms with van der Waals surface area (Å²) in [7, 11) is 1.27. The van der Waals surface area contributed by atoms with Crippen molar-refractivity contribution in [1.82, 2.24) is 9.80 Å². The van der Waals surface area contributed by atoms with Gasteiger partial charge >= 0.3 is 5.97 Å². The van der Waals surface area contributed by atoms with E-state index in [0.717, 1.165) is 0 Å². The zero-order valence-electron chi connectivity index (χ0n) is 9.73. The lowest BCUT2D eigenvalue weighted by atomic mass is 10.1. The van der Waals surface area contributed by atoms with Crippen LogP contribution in [0.25, 0.3) is 0 Å². The van der Waals surface area contributed by atoms with E-state index in [1.807, 2.05) is 0 Å². The molecule has 0 spiro atoms. The predicted molar refractivity (Wildman–Crippen MR) is 55.4 cm³/mol. The summed E-state index contributed by atoms with van der Waals surface area (Å²) in [6, 6.07) is -0.680. The van der Waals surface area contributed by atoms with Gasteiger partial charge in [0.25, 0.3) is 0 Å². The van der Waals surface area contributed by atoms with Gasteiger partial charge in [0.05, 0.1) is 13.7 Å². The third-order valence-corrected chi connectivity index (χ3v) is 2.70. The Kier molecular flexibility index (Phi) is 3.87. The molecule has 1 aliphatic heterocycles. The molecule has 0 aliphatic carbocycles. The van der Waals surface area contributed by atoms with Crippen LogP contribution in [0.1, 0.15) is 13.8 Å². The maximum Gasteiger partial charge on any atom is 0.330 e. The van der Waals surface area contributed by atoms with E-state index in [4.69, 9.17) is 0 Å². The molecular formula is C10H16N2O4. The Balaban J connectivity index is 2.81. The van der Waals surface area contributed by atoms with Gasteiger partial charge in [0.1, 0.15) is 6.04 Å². The van der Waals surface area contributed by atoms with Gasteiger partial charge in [-0.15, -0.1) is 0 Å². The van der Waals surface area contributed by atoms with Crippen LogP contribution >= 0.6 is 0 Å². The van der Waals surface area contributed by atoms with Gasteiger partial charge < -0.3 is 14.5 Å². The Morgan fingerprint density at radius 3 is 2.19 bits per heavy atom. The molecule has 1 fully saturated rings. The molecule has 0 aromatic rings. The maximum atomic E-state index is 11.5. The number of carbonyl (C=O) groups is 3. The van der Waals surface area contributed by atoms with Gasteiger partial charge in [-0.25, -0.2) is 4.79 Å². The highest BCUT2D eigenvalue weighted by atomic mass is 16.5. The number of amides is 2. The van der Waals surface area contributed by atoms with Crippen LogP contribution in [-0.2, 0) is 19.1 Å². The first-order chi connectivity index (χ1) is 7.47. The zero-order valence-corrected chi connectivity index (χ0v) is 9.73. The smallest absolute Gasteiger partial charge is 0.330 e. The van der Waals surface area contributed by atoms with Gasteiger partial charge in [-0.2, -0.15) is 0 Å². The second kappa shape index (κ2) is 4.96. The van der Waals surface area contributed by atoms with Crippen LogP contribution in [0.5, 0.6) is 0 Å². The van der Waals surface area contributed by atoms with E-state index in [9.17, 15) is 14.4 Å². The minimum absolute atomic E-state index is 0.0999. The van der Waals surface area contributed by atoms with Gasteiger partial charge in [0.15, 0.2) is 0 Å². The molecule has 1 heterocycles. The van der Waals surface area contributed by atoms with Gasteiger partial charge in [0.2, 0.25) is 11.8 Å². The molecule has 90 valence electrons. The molecule has 0 radical (unpaired) electrons. The molecule has 6 nitrogen and oxygen atoms in total. The summed E-state index contributed by atoms with van der Waals surface area (Å²) in [5, 5.41) is 0. The van der Waals surface area contributed by atoms with Crippen molar-refractivity contribution in [3.8, 4) is 0 Å². The lowest BCUT2D eigenvalue weighted by Gasteiger charge is -2.38. The van der Waals surface area contributed by atoms with Crippen molar-refractivity contribution < 1.29 is 19.1 Å². The van der Waals surface area contributed by atoms with E-state index in [1.165, 1.54) is 25.9 Å². The number of esters is 1. The van der Waals surface area contributed by atoms with E-state index in [-0.39, 0.29) is 18.4 Å². The molecule has 0 aromatic heterocycles. The molecule has 1 rings (SSSR count). The summed E-state index contributed by atoms with van der Waals surface area (Å²) in [5.41, 5.74) is 0. The number of ether oxygens (including phenoxy) is 1. The molecule has 2 amide bonds.